The fourth-order valence-electron chi connectivity index (χ4n) is 2.32. The summed E-state index contributed by atoms with van der Waals surface area (Å²) in [5.41, 5.74) is 2.91. The third kappa shape index (κ3) is 3.22. The molecule has 0 spiro atoms. The molecule has 0 radical (unpaired) electrons. The molecule has 6 heteroatoms. The number of aryl methyl sites for hydroxylation is 1. The molecule has 0 bridgehead atoms. The highest BCUT2D eigenvalue weighted by Gasteiger charge is 2.08. The lowest BCUT2D eigenvalue weighted by molar-refractivity contribution is -0.114. The van der Waals surface area contributed by atoms with Gasteiger partial charge in [-0.3, -0.25) is 14.0 Å². The Bertz CT molecular complexity index is 921. The summed E-state index contributed by atoms with van der Waals surface area (Å²) in [6.07, 6.45) is 5.23. The topological polar surface area (TPSA) is 63.5 Å². The summed E-state index contributed by atoms with van der Waals surface area (Å²) in [6.45, 7) is 3.35. The zero-order valence-electron chi connectivity index (χ0n) is 12.7. The maximum Gasteiger partial charge on any atom is 0.221 e. The fraction of sp³-hybridized carbons (Fsp3) is 0.118. The van der Waals surface area contributed by atoms with E-state index in [1.54, 1.807) is 41.7 Å². The Kier molecular flexibility index (Phi) is 4.08. The molecule has 0 aliphatic heterocycles. The van der Waals surface area contributed by atoms with Gasteiger partial charge in [0.1, 0.15) is 0 Å². The van der Waals surface area contributed by atoms with E-state index in [-0.39, 0.29) is 11.7 Å². The highest BCUT2D eigenvalue weighted by Crippen LogP contribution is 2.18. The molecule has 3 aromatic rings. The van der Waals surface area contributed by atoms with Crippen molar-refractivity contribution in [1.29, 1.82) is 0 Å². The molecule has 0 saturated heterocycles. The summed E-state index contributed by atoms with van der Waals surface area (Å²) in [5, 5.41) is 4.63. The van der Waals surface area contributed by atoms with Crippen LogP contribution in [-0.4, -0.2) is 21.1 Å². The summed E-state index contributed by atoms with van der Waals surface area (Å²) in [5.74, 6) is -0.290. The number of hydrogen-bond acceptors (Lipinski definition) is 4. The largest absolute Gasteiger partial charge is 0.326 e. The van der Waals surface area contributed by atoms with Crippen molar-refractivity contribution >= 4 is 39.8 Å². The lowest BCUT2D eigenvalue weighted by atomic mass is 10.1. The predicted octanol–water partition coefficient (Wildman–Crippen LogP) is 3.56. The quantitative estimate of drug-likeness (QED) is 0.589. The van der Waals surface area contributed by atoms with E-state index in [2.05, 4.69) is 10.3 Å². The van der Waals surface area contributed by atoms with Gasteiger partial charge in [0.25, 0.3) is 0 Å². The number of rotatable bonds is 4. The molecule has 0 aliphatic rings. The number of carbonyl (C=O) groups excluding carboxylic acids is 2. The van der Waals surface area contributed by atoms with Crippen molar-refractivity contribution in [2.75, 3.05) is 5.32 Å². The Morgan fingerprint density at radius 3 is 2.96 bits per heavy atom. The molecule has 5 nitrogen and oxygen atoms in total. The molecule has 0 fully saturated rings. The molecular formula is C17H15N3O2S. The number of aromatic nitrogens is 2. The molecule has 23 heavy (non-hydrogen) atoms. The van der Waals surface area contributed by atoms with Crippen LogP contribution in [0.1, 0.15) is 28.7 Å². The van der Waals surface area contributed by atoms with Gasteiger partial charge in [-0.25, -0.2) is 4.98 Å². The SMILES string of the molecule is CC(=O)Nc1cccc(C(=O)C=Cc2c(C)nc3sccn23)c1. The zero-order valence-corrected chi connectivity index (χ0v) is 13.6. The van der Waals surface area contributed by atoms with E-state index in [0.717, 1.165) is 16.3 Å². The second kappa shape index (κ2) is 6.18. The van der Waals surface area contributed by atoms with Crippen LogP contribution in [0, 0.1) is 6.92 Å². The van der Waals surface area contributed by atoms with E-state index >= 15 is 0 Å². The molecule has 1 N–H and O–H groups in total. The number of amides is 1. The molecule has 0 unspecified atom stereocenters. The number of benzene rings is 1. The Morgan fingerprint density at radius 2 is 2.17 bits per heavy atom. The van der Waals surface area contributed by atoms with Gasteiger partial charge in [0, 0.05) is 29.8 Å². The van der Waals surface area contributed by atoms with Crippen molar-refractivity contribution in [2.45, 2.75) is 13.8 Å². The monoisotopic (exact) mass is 325 g/mol. The van der Waals surface area contributed by atoms with Crippen LogP contribution in [0.25, 0.3) is 11.0 Å². The van der Waals surface area contributed by atoms with Gasteiger partial charge < -0.3 is 5.32 Å². The smallest absolute Gasteiger partial charge is 0.221 e. The molecule has 116 valence electrons. The minimum atomic E-state index is -0.167. The van der Waals surface area contributed by atoms with E-state index in [0.29, 0.717) is 11.3 Å². The van der Waals surface area contributed by atoms with Crippen molar-refractivity contribution in [2.24, 2.45) is 0 Å². The second-order valence-corrected chi connectivity index (χ2v) is 5.97. The van der Waals surface area contributed by atoms with Crippen LogP contribution in [0.3, 0.4) is 0 Å². The number of nitrogens with one attached hydrogen (secondary N) is 1. The number of anilines is 1. The normalized spacial score (nSPS) is 11.2. The first kappa shape index (κ1) is 15.2. The van der Waals surface area contributed by atoms with Gasteiger partial charge in [0.05, 0.1) is 11.4 Å². The van der Waals surface area contributed by atoms with Crippen molar-refractivity contribution in [1.82, 2.24) is 9.38 Å². The Balaban J connectivity index is 1.85. The third-order valence-corrected chi connectivity index (χ3v) is 4.10. The molecule has 2 heterocycles. The fourth-order valence-corrected chi connectivity index (χ4v) is 3.08. The first-order valence-corrected chi connectivity index (χ1v) is 7.95. The third-order valence-electron chi connectivity index (χ3n) is 3.34. The summed E-state index contributed by atoms with van der Waals surface area (Å²) in [4.78, 5) is 28.8. The number of allylic oxidation sites excluding steroid dienone is 1. The van der Waals surface area contributed by atoms with Gasteiger partial charge in [-0.2, -0.15) is 0 Å². The number of ketones is 1. The number of nitrogens with zero attached hydrogens (tertiary/aromatic N) is 2. The number of fused-ring (bicyclic) bond motifs is 1. The molecule has 1 aromatic carbocycles. The van der Waals surface area contributed by atoms with Crippen LogP contribution in [0.15, 0.2) is 41.9 Å². The number of imidazole rings is 1. The van der Waals surface area contributed by atoms with Gasteiger partial charge in [-0.15, -0.1) is 11.3 Å². The van der Waals surface area contributed by atoms with Crippen molar-refractivity contribution in [3.8, 4) is 0 Å². The van der Waals surface area contributed by atoms with Gasteiger partial charge in [-0.1, -0.05) is 12.1 Å². The van der Waals surface area contributed by atoms with E-state index in [9.17, 15) is 9.59 Å². The van der Waals surface area contributed by atoms with Crippen LogP contribution in [0.5, 0.6) is 0 Å². The second-order valence-electron chi connectivity index (χ2n) is 5.10. The van der Waals surface area contributed by atoms with Gasteiger partial charge in [-0.05, 0) is 31.2 Å². The molecule has 3 rings (SSSR count). The average Bonchev–Trinajstić information content (AvgIpc) is 3.05. The number of carbonyl (C=O) groups is 2. The van der Waals surface area contributed by atoms with Crippen LogP contribution in [-0.2, 0) is 4.79 Å². The van der Waals surface area contributed by atoms with Gasteiger partial charge >= 0.3 is 0 Å². The van der Waals surface area contributed by atoms with E-state index in [1.165, 1.54) is 13.0 Å². The van der Waals surface area contributed by atoms with Gasteiger partial charge in [0.2, 0.25) is 5.91 Å². The Labute approximate surface area is 137 Å². The first-order chi connectivity index (χ1) is 11.0. The molecular weight excluding hydrogens is 310 g/mol. The van der Waals surface area contributed by atoms with Crippen LogP contribution in [0.4, 0.5) is 5.69 Å². The standard InChI is InChI=1S/C17H15N3O2S/c1-11-15(20-8-9-23-17(20)18-11)6-7-16(22)13-4-3-5-14(10-13)19-12(2)21/h3-10H,1-2H3,(H,19,21). The maximum absolute atomic E-state index is 12.3. The van der Waals surface area contributed by atoms with Crippen LogP contribution in [0.2, 0.25) is 0 Å². The highest BCUT2D eigenvalue weighted by molar-refractivity contribution is 7.15. The molecule has 0 atom stereocenters. The highest BCUT2D eigenvalue weighted by atomic mass is 32.1. The Hall–Kier alpha value is -2.73. The molecule has 0 aliphatic carbocycles. The summed E-state index contributed by atoms with van der Waals surface area (Å²) in [6, 6.07) is 6.88. The molecule has 2 aromatic heterocycles. The van der Waals surface area contributed by atoms with Crippen molar-refractivity contribution in [3.63, 3.8) is 0 Å². The van der Waals surface area contributed by atoms with Gasteiger partial charge in [0.15, 0.2) is 10.7 Å². The number of hydrogen-bond donors (Lipinski definition) is 1. The van der Waals surface area contributed by atoms with E-state index in [4.69, 9.17) is 0 Å². The summed E-state index contributed by atoms with van der Waals surface area (Å²) >= 11 is 1.55. The molecule has 0 saturated carbocycles. The lowest BCUT2D eigenvalue weighted by Gasteiger charge is -2.03. The Morgan fingerprint density at radius 1 is 1.35 bits per heavy atom. The average molecular weight is 325 g/mol. The van der Waals surface area contributed by atoms with Crippen LogP contribution >= 0.6 is 11.3 Å². The van der Waals surface area contributed by atoms with Crippen molar-refractivity contribution < 1.29 is 9.59 Å². The predicted molar refractivity (Wildman–Crippen MR) is 91.9 cm³/mol. The lowest BCUT2D eigenvalue weighted by Crippen LogP contribution is -2.06. The van der Waals surface area contributed by atoms with E-state index < -0.39 is 0 Å². The van der Waals surface area contributed by atoms with Crippen molar-refractivity contribution in [3.05, 3.63) is 58.9 Å². The summed E-state index contributed by atoms with van der Waals surface area (Å²) < 4.78 is 1.96. The van der Waals surface area contributed by atoms with E-state index in [1.807, 2.05) is 22.9 Å². The first-order valence-electron chi connectivity index (χ1n) is 7.07. The zero-order chi connectivity index (χ0) is 16.4. The number of thiazole rings is 1. The maximum atomic E-state index is 12.3. The minimum absolute atomic E-state index is 0.123. The minimum Gasteiger partial charge on any atom is -0.326 e. The summed E-state index contributed by atoms with van der Waals surface area (Å²) in [7, 11) is 0. The molecule has 1 amide bonds. The van der Waals surface area contributed by atoms with Crippen LogP contribution < -0.4 is 5.32 Å².